The number of carbonyl (C=O) groups excluding carboxylic acids is 1. The van der Waals surface area contributed by atoms with Gasteiger partial charge in [0.1, 0.15) is 0 Å². The van der Waals surface area contributed by atoms with Gasteiger partial charge in [0.15, 0.2) is 5.60 Å². The van der Waals surface area contributed by atoms with Crippen molar-refractivity contribution in [1.82, 2.24) is 4.90 Å². The molecule has 94 valence electrons. The predicted molar refractivity (Wildman–Crippen MR) is 58.8 cm³/mol. The number of nitrogens with zero attached hydrogens (tertiary/aromatic N) is 1. The summed E-state index contributed by atoms with van der Waals surface area (Å²) in [6, 6.07) is 0. The molecule has 0 fully saturated rings. The average molecular weight is 232 g/mol. The lowest BCUT2D eigenvalue weighted by molar-refractivity contribution is -0.158. The zero-order valence-electron chi connectivity index (χ0n) is 9.77. The molecule has 0 rings (SSSR count). The first kappa shape index (κ1) is 14.9. The molecule has 1 amide bonds. The molecule has 0 saturated heterocycles. The number of hydrogen-bond donors (Lipinski definition) is 3. The molecular formula is C10H20N2O4. The number of unbranched alkanes of at least 4 members (excludes halogenated alkanes) is 1. The second-order valence-electron chi connectivity index (χ2n) is 4.11. The van der Waals surface area contributed by atoms with Crippen molar-refractivity contribution in [3.05, 3.63) is 0 Å². The third kappa shape index (κ3) is 5.67. The van der Waals surface area contributed by atoms with E-state index in [1.54, 1.807) is 4.90 Å². The fourth-order valence-corrected chi connectivity index (χ4v) is 1.32. The Labute approximate surface area is 95.0 Å². The first-order valence-electron chi connectivity index (χ1n) is 5.26. The van der Waals surface area contributed by atoms with E-state index in [1.165, 1.54) is 6.92 Å². The van der Waals surface area contributed by atoms with Gasteiger partial charge in [-0.1, -0.05) is 13.3 Å². The average Bonchev–Trinajstić information content (AvgIpc) is 2.12. The minimum atomic E-state index is -1.86. The van der Waals surface area contributed by atoms with E-state index in [2.05, 4.69) is 0 Å². The summed E-state index contributed by atoms with van der Waals surface area (Å²) >= 11 is 0. The van der Waals surface area contributed by atoms with E-state index in [1.807, 2.05) is 6.92 Å². The maximum Gasteiger partial charge on any atom is 0.336 e. The Hall–Kier alpha value is -1.14. The van der Waals surface area contributed by atoms with Gasteiger partial charge in [0.25, 0.3) is 0 Å². The van der Waals surface area contributed by atoms with Crippen LogP contribution in [0.3, 0.4) is 0 Å². The quantitative estimate of drug-likeness (QED) is 0.519. The second kappa shape index (κ2) is 6.44. The van der Waals surface area contributed by atoms with Crippen LogP contribution in [0.25, 0.3) is 0 Å². The van der Waals surface area contributed by atoms with Gasteiger partial charge in [0.05, 0.1) is 6.54 Å². The summed E-state index contributed by atoms with van der Waals surface area (Å²) in [5, 5.41) is 18.3. The van der Waals surface area contributed by atoms with Gasteiger partial charge in [-0.25, -0.2) is 4.79 Å². The third-order valence-corrected chi connectivity index (χ3v) is 2.20. The minimum Gasteiger partial charge on any atom is -0.479 e. The predicted octanol–water partition coefficient (Wildman–Crippen LogP) is -0.591. The van der Waals surface area contributed by atoms with Crippen molar-refractivity contribution in [3.63, 3.8) is 0 Å². The molecule has 6 heteroatoms. The lowest BCUT2D eigenvalue weighted by atomic mass is 10.1. The first-order chi connectivity index (χ1) is 7.29. The van der Waals surface area contributed by atoms with Gasteiger partial charge < -0.3 is 15.9 Å². The summed E-state index contributed by atoms with van der Waals surface area (Å²) in [6.45, 7) is 3.59. The van der Waals surface area contributed by atoms with E-state index in [4.69, 9.17) is 10.8 Å². The van der Waals surface area contributed by atoms with Crippen LogP contribution in [0.2, 0.25) is 0 Å². The molecule has 0 aromatic rings. The number of carbonyl (C=O) groups is 2. The molecular weight excluding hydrogens is 212 g/mol. The molecule has 0 heterocycles. The molecule has 0 aromatic heterocycles. The number of carboxylic acids is 1. The van der Waals surface area contributed by atoms with Crippen molar-refractivity contribution >= 4 is 11.9 Å². The normalized spacial score (nSPS) is 14.8. The van der Waals surface area contributed by atoms with Crippen LogP contribution in [0, 0.1) is 0 Å². The maximum atomic E-state index is 10.8. The van der Waals surface area contributed by atoms with E-state index in [-0.39, 0.29) is 13.1 Å². The molecule has 0 aliphatic rings. The smallest absolute Gasteiger partial charge is 0.336 e. The van der Waals surface area contributed by atoms with E-state index >= 15 is 0 Å². The molecule has 0 aliphatic carbocycles. The van der Waals surface area contributed by atoms with Crippen LogP contribution < -0.4 is 5.73 Å². The topological polar surface area (TPSA) is 104 Å². The Bertz CT molecular complexity index is 253. The summed E-state index contributed by atoms with van der Waals surface area (Å²) in [6.07, 6.45) is 1.74. The van der Waals surface area contributed by atoms with Gasteiger partial charge in [-0.05, 0) is 19.9 Å². The Morgan fingerprint density at radius 1 is 1.44 bits per heavy atom. The van der Waals surface area contributed by atoms with E-state index < -0.39 is 17.5 Å². The lowest BCUT2D eigenvalue weighted by Crippen LogP contribution is -2.49. The monoisotopic (exact) mass is 232 g/mol. The fraction of sp³-hybridized carbons (Fsp3) is 0.800. The van der Waals surface area contributed by atoms with Crippen LogP contribution in [-0.4, -0.2) is 52.2 Å². The van der Waals surface area contributed by atoms with Crippen LogP contribution in [0.1, 0.15) is 26.7 Å². The number of amides is 1. The molecule has 4 N–H and O–H groups in total. The number of carboxylic acid groups (broad SMARTS) is 1. The Morgan fingerprint density at radius 2 is 2.00 bits per heavy atom. The molecule has 1 unspecified atom stereocenters. The van der Waals surface area contributed by atoms with Crippen molar-refractivity contribution in [2.24, 2.45) is 5.73 Å². The number of rotatable bonds is 8. The van der Waals surface area contributed by atoms with Crippen molar-refractivity contribution in [2.75, 3.05) is 19.6 Å². The SMILES string of the molecule is CCCCN(CC(N)=O)CC(C)(O)C(=O)O. The molecule has 0 bridgehead atoms. The number of primary amides is 1. The summed E-state index contributed by atoms with van der Waals surface area (Å²) in [7, 11) is 0. The Morgan fingerprint density at radius 3 is 2.38 bits per heavy atom. The third-order valence-electron chi connectivity index (χ3n) is 2.20. The fourth-order valence-electron chi connectivity index (χ4n) is 1.32. The summed E-state index contributed by atoms with van der Waals surface area (Å²) in [5.41, 5.74) is 3.19. The molecule has 0 aromatic carbocycles. The zero-order chi connectivity index (χ0) is 12.8. The van der Waals surface area contributed by atoms with Crippen LogP contribution >= 0.6 is 0 Å². The van der Waals surface area contributed by atoms with E-state index in [0.29, 0.717) is 6.54 Å². The number of aliphatic hydroxyl groups is 1. The largest absolute Gasteiger partial charge is 0.479 e. The standard InChI is InChI=1S/C10H20N2O4/c1-3-4-5-12(6-8(11)13)7-10(2,16)9(14)15/h16H,3-7H2,1-2H3,(H2,11,13)(H,14,15). The maximum absolute atomic E-state index is 10.8. The van der Waals surface area contributed by atoms with Gasteiger partial charge in [-0.2, -0.15) is 0 Å². The van der Waals surface area contributed by atoms with Crippen LogP contribution in [0.5, 0.6) is 0 Å². The highest BCUT2D eigenvalue weighted by molar-refractivity contribution is 5.78. The first-order valence-corrected chi connectivity index (χ1v) is 5.26. The van der Waals surface area contributed by atoms with Crippen molar-refractivity contribution in [2.45, 2.75) is 32.3 Å². The molecule has 0 saturated carbocycles. The highest BCUT2D eigenvalue weighted by Crippen LogP contribution is 2.07. The van der Waals surface area contributed by atoms with E-state index in [9.17, 15) is 14.7 Å². The molecule has 0 spiro atoms. The lowest BCUT2D eigenvalue weighted by Gasteiger charge is -2.27. The molecule has 1 atom stereocenters. The van der Waals surface area contributed by atoms with Gasteiger partial charge >= 0.3 is 5.97 Å². The van der Waals surface area contributed by atoms with Gasteiger partial charge in [0, 0.05) is 6.54 Å². The van der Waals surface area contributed by atoms with Crippen LogP contribution in [0.15, 0.2) is 0 Å². The molecule has 6 nitrogen and oxygen atoms in total. The van der Waals surface area contributed by atoms with E-state index in [0.717, 1.165) is 12.8 Å². The summed E-state index contributed by atoms with van der Waals surface area (Å²) in [4.78, 5) is 23.1. The zero-order valence-corrected chi connectivity index (χ0v) is 9.77. The minimum absolute atomic E-state index is 0.0383. The Balaban J connectivity index is 4.40. The number of nitrogens with two attached hydrogens (primary N) is 1. The molecule has 0 radical (unpaired) electrons. The van der Waals surface area contributed by atoms with Gasteiger partial charge in [-0.15, -0.1) is 0 Å². The molecule has 16 heavy (non-hydrogen) atoms. The number of aliphatic carboxylic acids is 1. The van der Waals surface area contributed by atoms with Crippen molar-refractivity contribution in [3.8, 4) is 0 Å². The highest BCUT2D eigenvalue weighted by atomic mass is 16.4. The van der Waals surface area contributed by atoms with Crippen molar-refractivity contribution in [1.29, 1.82) is 0 Å². The molecule has 0 aliphatic heterocycles. The summed E-state index contributed by atoms with van der Waals surface area (Å²) < 4.78 is 0. The van der Waals surface area contributed by atoms with Crippen LogP contribution in [0.4, 0.5) is 0 Å². The highest BCUT2D eigenvalue weighted by Gasteiger charge is 2.32. The second-order valence-corrected chi connectivity index (χ2v) is 4.11. The van der Waals surface area contributed by atoms with Gasteiger partial charge in [-0.3, -0.25) is 9.69 Å². The van der Waals surface area contributed by atoms with Crippen molar-refractivity contribution < 1.29 is 19.8 Å². The summed E-state index contributed by atoms with van der Waals surface area (Å²) in [5.74, 6) is -1.84. The van der Waals surface area contributed by atoms with Gasteiger partial charge in [0.2, 0.25) is 5.91 Å². The van der Waals surface area contributed by atoms with Crippen LogP contribution in [-0.2, 0) is 9.59 Å². The Kier molecular flexibility index (Phi) is 5.98. The number of hydrogen-bond acceptors (Lipinski definition) is 4.